The van der Waals surface area contributed by atoms with Crippen molar-refractivity contribution in [2.24, 2.45) is 17.8 Å². The zero-order valence-electron chi connectivity index (χ0n) is 17.2. The average Bonchev–Trinajstić information content (AvgIpc) is 3.30. The molecule has 3 rings (SSSR count). The Morgan fingerprint density at radius 1 is 0.364 bits per heavy atom. The Labute approximate surface area is 143 Å². The van der Waals surface area contributed by atoms with Crippen LogP contribution in [0.1, 0.15) is 126 Å². The summed E-state index contributed by atoms with van der Waals surface area (Å²) in [6, 6.07) is 0. The van der Waals surface area contributed by atoms with Crippen molar-refractivity contribution in [1.82, 2.24) is 0 Å². The van der Waals surface area contributed by atoms with Gasteiger partial charge in [0.05, 0.1) is 0 Å². The van der Waals surface area contributed by atoms with E-state index in [1.54, 1.807) is 0 Å². The molecule has 0 heteroatoms. The summed E-state index contributed by atoms with van der Waals surface area (Å²) in [5, 5.41) is 0. The average molecular weight is 313 g/mol. The fraction of sp³-hybridized carbons (Fsp3) is 1.00. The molecule has 0 atom stereocenters. The normalized spacial score (nSPS) is 21.4. The zero-order chi connectivity index (χ0) is 17.2. The fourth-order valence-electron chi connectivity index (χ4n) is 3.39. The highest BCUT2D eigenvalue weighted by Gasteiger charge is 2.08. The standard InChI is InChI=1S/3C6H12.2C2H6/c3*1-6-4-2-3-5-6;2*1-2/h3*6H,2-5H2,1H3;2*1-2H3. The second-order valence-corrected chi connectivity index (χ2v) is 7.17. The Bertz CT molecular complexity index is 133. The van der Waals surface area contributed by atoms with Gasteiger partial charge >= 0.3 is 0 Å². The molecule has 3 saturated carbocycles. The van der Waals surface area contributed by atoms with E-state index in [2.05, 4.69) is 20.8 Å². The third-order valence-corrected chi connectivity index (χ3v) is 4.93. The molecule has 0 heterocycles. The Morgan fingerprint density at radius 3 is 0.545 bits per heavy atom. The van der Waals surface area contributed by atoms with Gasteiger partial charge in [0.25, 0.3) is 0 Å². The van der Waals surface area contributed by atoms with Crippen LogP contribution in [0.15, 0.2) is 0 Å². The molecule has 3 aliphatic carbocycles. The van der Waals surface area contributed by atoms with Crippen LogP contribution in [0.25, 0.3) is 0 Å². The van der Waals surface area contributed by atoms with Crippen molar-refractivity contribution < 1.29 is 0 Å². The van der Waals surface area contributed by atoms with E-state index in [0.717, 1.165) is 17.8 Å². The third kappa shape index (κ3) is 16.4. The van der Waals surface area contributed by atoms with Gasteiger partial charge in [-0.05, 0) is 17.8 Å². The minimum Gasteiger partial charge on any atom is -0.0683 e. The van der Waals surface area contributed by atoms with E-state index in [1.165, 1.54) is 77.0 Å². The first-order valence-electron chi connectivity index (χ1n) is 10.7. The topological polar surface area (TPSA) is 0 Å². The first-order chi connectivity index (χ1) is 10.7. The van der Waals surface area contributed by atoms with Crippen molar-refractivity contribution in [3.05, 3.63) is 0 Å². The summed E-state index contributed by atoms with van der Waals surface area (Å²) in [6.07, 6.45) is 17.8. The molecule has 0 N–H and O–H groups in total. The number of rotatable bonds is 0. The van der Waals surface area contributed by atoms with Gasteiger partial charge in [0, 0.05) is 0 Å². The molecule has 0 aromatic heterocycles. The second-order valence-electron chi connectivity index (χ2n) is 7.17. The highest BCUT2D eigenvalue weighted by Crippen LogP contribution is 2.24. The van der Waals surface area contributed by atoms with Crippen LogP contribution in [-0.4, -0.2) is 0 Å². The molecule has 0 unspecified atom stereocenters. The molecule has 0 nitrogen and oxygen atoms in total. The molecular formula is C22H48. The van der Waals surface area contributed by atoms with Crippen LogP contribution < -0.4 is 0 Å². The lowest BCUT2D eigenvalue weighted by molar-refractivity contribution is 0.612. The Hall–Kier alpha value is 0. The van der Waals surface area contributed by atoms with Crippen molar-refractivity contribution in [2.75, 3.05) is 0 Å². The van der Waals surface area contributed by atoms with Crippen LogP contribution in [-0.2, 0) is 0 Å². The molecule has 0 aromatic rings. The summed E-state index contributed by atoms with van der Waals surface area (Å²) in [5.41, 5.74) is 0. The summed E-state index contributed by atoms with van der Waals surface area (Å²) in [4.78, 5) is 0. The SMILES string of the molecule is CC.CC.CC1CCCC1.CC1CCCC1.CC1CCCC1. The molecular weight excluding hydrogens is 264 g/mol. The second kappa shape index (κ2) is 19.0. The largest absolute Gasteiger partial charge is 0.0683 e. The van der Waals surface area contributed by atoms with Crippen molar-refractivity contribution in [3.63, 3.8) is 0 Å². The summed E-state index contributed by atoms with van der Waals surface area (Å²) in [6.45, 7) is 15.0. The van der Waals surface area contributed by atoms with Gasteiger partial charge in [-0.3, -0.25) is 0 Å². The van der Waals surface area contributed by atoms with Gasteiger partial charge < -0.3 is 0 Å². The maximum Gasteiger partial charge on any atom is -0.0443 e. The number of hydrogen-bond donors (Lipinski definition) is 0. The van der Waals surface area contributed by atoms with Crippen molar-refractivity contribution in [2.45, 2.75) is 126 Å². The van der Waals surface area contributed by atoms with E-state index in [0.29, 0.717) is 0 Å². The number of hydrogen-bond acceptors (Lipinski definition) is 0. The monoisotopic (exact) mass is 312 g/mol. The summed E-state index contributed by atoms with van der Waals surface area (Å²) < 4.78 is 0. The molecule has 22 heavy (non-hydrogen) atoms. The first-order valence-corrected chi connectivity index (χ1v) is 10.7. The zero-order valence-corrected chi connectivity index (χ0v) is 17.2. The maximum absolute atomic E-state index is 2.34. The fourth-order valence-corrected chi connectivity index (χ4v) is 3.39. The Kier molecular flexibility index (Phi) is 21.0. The minimum absolute atomic E-state index is 1.05. The lowest BCUT2D eigenvalue weighted by Crippen LogP contribution is -1.78. The molecule has 0 aliphatic heterocycles. The van der Waals surface area contributed by atoms with Crippen LogP contribution in [0.3, 0.4) is 0 Å². The predicted octanol–water partition coefficient (Wildman–Crippen LogP) is 8.64. The highest BCUT2D eigenvalue weighted by molar-refractivity contribution is 4.61. The van der Waals surface area contributed by atoms with Gasteiger partial charge in [-0.15, -0.1) is 0 Å². The lowest BCUT2D eigenvalue weighted by atomic mass is 10.2. The lowest BCUT2D eigenvalue weighted by Gasteiger charge is -1.91. The van der Waals surface area contributed by atoms with E-state index < -0.39 is 0 Å². The quantitative estimate of drug-likeness (QED) is 0.420. The van der Waals surface area contributed by atoms with Crippen LogP contribution in [0.5, 0.6) is 0 Å². The highest BCUT2D eigenvalue weighted by atomic mass is 14.1. The third-order valence-electron chi connectivity index (χ3n) is 4.93. The molecule has 0 radical (unpaired) electrons. The van der Waals surface area contributed by atoms with Gasteiger partial charge in [-0.2, -0.15) is 0 Å². The van der Waals surface area contributed by atoms with Crippen LogP contribution >= 0.6 is 0 Å². The predicted molar refractivity (Wildman–Crippen MR) is 106 cm³/mol. The van der Waals surface area contributed by atoms with Crippen molar-refractivity contribution >= 4 is 0 Å². The van der Waals surface area contributed by atoms with Gasteiger partial charge in [-0.25, -0.2) is 0 Å². The molecule has 0 spiro atoms. The van der Waals surface area contributed by atoms with Crippen molar-refractivity contribution in [1.29, 1.82) is 0 Å². The van der Waals surface area contributed by atoms with Crippen LogP contribution in [0, 0.1) is 17.8 Å². The van der Waals surface area contributed by atoms with E-state index in [9.17, 15) is 0 Å². The smallest absolute Gasteiger partial charge is 0.0443 e. The summed E-state index contributed by atoms with van der Waals surface area (Å²) >= 11 is 0. The molecule has 0 bridgehead atoms. The molecule has 0 amide bonds. The van der Waals surface area contributed by atoms with Crippen LogP contribution in [0.2, 0.25) is 0 Å². The van der Waals surface area contributed by atoms with E-state index in [1.807, 2.05) is 27.7 Å². The molecule has 3 aliphatic rings. The molecule has 136 valence electrons. The van der Waals surface area contributed by atoms with Crippen molar-refractivity contribution in [3.8, 4) is 0 Å². The van der Waals surface area contributed by atoms with Gasteiger partial charge in [0.15, 0.2) is 0 Å². The molecule has 0 aromatic carbocycles. The Balaban J connectivity index is 0. The van der Waals surface area contributed by atoms with Gasteiger partial charge in [-0.1, -0.05) is 126 Å². The van der Waals surface area contributed by atoms with E-state index in [4.69, 9.17) is 0 Å². The van der Waals surface area contributed by atoms with Crippen LogP contribution in [0.4, 0.5) is 0 Å². The maximum atomic E-state index is 2.34. The summed E-state index contributed by atoms with van der Waals surface area (Å²) in [5.74, 6) is 3.14. The van der Waals surface area contributed by atoms with E-state index >= 15 is 0 Å². The van der Waals surface area contributed by atoms with Gasteiger partial charge in [0.1, 0.15) is 0 Å². The minimum atomic E-state index is 1.05. The Morgan fingerprint density at radius 2 is 0.500 bits per heavy atom. The van der Waals surface area contributed by atoms with E-state index in [-0.39, 0.29) is 0 Å². The first kappa shape index (κ1) is 24.3. The molecule has 0 saturated heterocycles. The molecule has 3 fully saturated rings. The summed E-state index contributed by atoms with van der Waals surface area (Å²) in [7, 11) is 0. The van der Waals surface area contributed by atoms with Gasteiger partial charge in [0.2, 0.25) is 0 Å².